The predicted octanol–water partition coefficient (Wildman–Crippen LogP) is 0.396. The molecule has 1 fully saturated rings. The number of nitrogens with zero attached hydrogens (tertiary/aromatic N) is 2. The Hall–Kier alpha value is -0.380. The zero-order valence-electron chi connectivity index (χ0n) is 9.66. The summed E-state index contributed by atoms with van der Waals surface area (Å²) in [6, 6.07) is 1.23. The van der Waals surface area contributed by atoms with Gasteiger partial charge in [0.15, 0.2) is 0 Å². The Morgan fingerprint density at radius 2 is 2.29 bits per heavy atom. The van der Waals surface area contributed by atoms with E-state index in [0.29, 0.717) is 12.1 Å². The third kappa shape index (κ3) is 3.40. The van der Waals surface area contributed by atoms with E-state index in [-0.39, 0.29) is 0 Å². The first kappa shape index (κ1) is 11.7. The lowest BCUT2D eigenvalue weighted by atomic mass is 10.1. The van der Waals surface area contributed by atoms with Crippen molar-refractivity contribution >= 4 is 0 Å². The zero-order valence-corrected chi connectivity index (χ0v) is 9.66. The Morgan fingerprint density at radius 1 is 1.57 bits per heavy atom. The maximum atomic E-state index is 3.80. The van der Waals surface area contributed by atoms with E-state index < -0.39 is 0 Å². The largest absolute Gasteiger partial charge is 0.310 e. The minimum Gasteiger partial charge on any atom is -0.310 e. The summed E-state index contributed by atoms with van der Waals surface area (Å²) in [5.74, 6) is 0. The van der Waals surface area contributed by atoms with Crippen LogP contribution >= 0.6 is 0 Å². The number of rotatable bonds is 4. The van der Waals surface area contributed by atoms with Gasteiger partial charge in [-0.1, -0.05) is 6.08 Å². The second-order valence-corrected chi connectivity index (χ2v) is 4.46. The van der Waals surface area contributed by atoms with E-state index in [4.69, 9.17) is 0 Å². The average molecular weight is 197 g/mol. The van der Waals surface area contributed by atoms with Gasteiger partial charge in [-0.15, -0.1) is 6.58 Å². The maximum Gasteiger partial charge on any atom is 0.0323 e. The molecule has 2 unspecified atom stereocenters. The Balaban J connectivity index is 2.40. The van der Waals surface area contributed by atoms with Gasteiger partial charge in [-0.05, 0) is 21.0 Å². The molecular weight excluding hydrogens is 174 g/mol. The molecule has 82 valence electrons. The van der Waals surface area contributed by atoms with Gasteiger partial charge in [0, 0.05) is 38.3 Å². The monoisotopic (exact) mass is 197 g/mol. The fraction of sp³-hybridized carbons (Fsp3) is 0.818. The van der Waals surface area contributed by atoms with Crippen LogP contribution in [0.2, 0.25) is 0 Å². The molecular formula is C11H23N3. The van der Waals surface area contributed by atoms with Gasteiger partial charge in [0.1, 0.15) is 0 Å². The molecule has 0 aromatic carbocycles. The Labute approximate surface area is 87.8 Å². The summed E-state index contributed by atoms with van der Waals surface area (Å²) in [6.07, 6.45) is 1.99. The summed E-state index contributed by atoms with van der Waals surface area (Å²) in [4.78, 5) is 4.72. The van der Waals surface area contributed by atoms with Crippen LogP contribution in [-0.2, 0) is 0 Å². The SMILES string of the molecule is C=CCN1CC(CN(C)C)NCC1C. The third-order valence-corrected chi connectivity index (χ3v) is 2.73. The van der Waals surface area contributed by atoms with Gasteiger partial charge in [-0.2, -0.15) is 0 Å². The molecule has 0 spiro atoms. The lowest BCUT2D eigenvalue weighted by molar-refractivity contribution is 0.141. The van der Waals surface area contributed by atoms with Crippen LogP contribution in [0.4, 0.5) is 0 Å². The zero-order chi connectivity index (χ0) is 10.6. The minimum absolute atomic E-state index is 0.598. The molecule has 2 atom stereocenters. The molecule has 0 radical (unpaired) electrons. The first-order chi connectivity index (χ1) is 6.63. The van der Waals surface area contributed by atoms with E-state index in [2.05, 4.69) is 42.7 Å². The second kappa shape index (κ2) is 5.49. The highest BCUT2D eigenvalue weighted by molar-refractivity contribution is 4.88. The molecule has 1 saturated heterocycles. The van der Waals surface area contributed by atoms with E-state index in [9.17, 15) is 0 Å². The molecule has 3 nitrogen and oxygen atoms in total. The highest BCUT2D eigenvalue weighted by Gasteiger charge is 2.23. The van der Waals surface area contributed by atoms with Crippen molar-refractivity contribution in [2.45, 2.75) is 19.0 Å². The van der Waals surface area contributed by atoms with Crippen LogP contribution < -0.4 is 5.32 Å². The lowest BCUT2D eigenvalue weighted by Gasteiger charge is -2.39. The summed E-state index contributed by atoms with van der Waals surface area (Å²) < 4.78 is 0. The quantitative estimate of drug-likeness (QED) is 0.658. The number of nitrogens with one attached hydrogen (secondary N) is 1. The Kier molecular flexibility index (Phi) is 4.58. The Morgan fingerprint density at radius 3 is 2.86 bits per heavy atom. The normalized spacial score (nSPS) is 29.4. The number of hydrogen-bond donors (Lipinski definition) is 1. The van der Waals surface area contributed by atoms with Crippen LogP contribution in [-0.4, -0.2) is 62.2 Å². The molecule has 1 rings (SSSR count). The molecule has 0 saturated carbocycles. The van der Waals surface area contributed by atoms with Crippen molar-refractivity contribution in [2.75, 3.05) is 40.3 Å². The summed E-state index contributed by atoms with van der Waals surface area (Å²) in [5.41, 5.74) is 0. The van der Waals surface area contributed by atoms with Gasteiger partial charge < -0.3 is 10.2 Å². The summed E-state index contributed by atoms with van der Waals surface area (Å²) in [6.45, 7) is 10.4. The first-order valence-corrected chi connectivity index (χ1v) is 5.36. The fourth-order valence-electron chi connectivity index (χ4n) is 1.98. The predicted molar refractivity (Wildman–Crippen MR) is 61.6 cm³/mol. The molecule has 0 aromatic rings. The van der Waals surface area contributed by atoms with Gasteiger partial charge in [0.25, 0.3) is 0 Å². The molecule has 3 heteroatoms. The molecule has 14 heavy (non-hydrogen) atoms. The van der Waals surface area contributed by atoms with Crippen LogP contribution in [0.1, 0.15) is 6.92 Å². The van der Waals surface area contributed by atoms with Crippen molar-refractivity contribution in [3.05, 3.63) is 12.7 Å². The highest BCUT2D eigenvalue weighted by atomic mass is 15.2. The van der Waals surface area contributed by atoms with Crippen LogP contribution in [0.3, 0.4) is 0 Å². The fourth-order valence-corrected chi connectivity index (χ4v) is 1.98. The maximum absolute atomic E-state index is 3.80. The molecule has 1 N–H and O–H groups in total. The van der Waals surface area contributed by atoms with Crippen molar-refractivity contribution < 1.29 is 0 Å². The van der Waals surface area contributed by atoms with Crippen molar-refractivity contribution in [1.82, 2.24) is 15.1 Å². The van der Waals surface area contributed by atoms with Crippen molar-refractivity contribution in [1.29, 1.82) is 0 Å². The van der Waals surface area contributed by atoms with Crippen LogP contribution in [0.25, 0.3) is 0 Å². The number of hydrogen-bond acceptors (Lipinski definition) is 3. The molecule has 0 bridgehead atoms. The van der Waals surface area contributed by atoms with Gasteiger partial charge in [-0.3, -0.25) is 4.90 Å². The van der Waals surface area contributed by atoms with Crippen LogP contribution in [0.5, 0.6) is 0 Å². The molecule has 0 aliphatic carbocycles. The standard InChI is InChI=1S/C11H23N3/c1-5-6-14-9-11(8-13(3)4)12-7-10(14)2/h5,10-12H,1,6-9H2,2-4H3. The Bertz CT molecular complexity index is 179. The molecule has 0 aromatic heterocycles. The van der Waals surface area contributed by atoms with Crippen molar-refractivity contribution in [3.63, 3.8) is 0 Å². The second-order valence-electron chi connectivity index (χ2n) is 4.46. The van der Waals surface area contributed by atoms with Crippen LogP contribution in [0, 0.1) is 0 Å². The first-order valence-electron chi connectivity index (χ1n) is 5.36. The minimum atomic E-state index is 0.598. The van der Waals surface area contributed by atoms with E-state index in [0.717, 1.165) is 26.2 Å². The topological polar surface area (TPSA) is 18.5 Å². The van der Waals surface area contributed by atoms with E-state index >= 15 is 0 Å². The number of likely N-dealkylation sites (N-methyl/N-ethyl adjacent to an activating group) is 1. The average Bonchev–Trinajstić information content (AvgIpc) is 2.10. The lowest BCUT2D eigenvalue weighted by Crippen LogP contribution is -2.57. The molecule has 0 amide bonds. The van der Waals surface area contributed by atoms with E-state index in [1.165, 1.54) is 0 Å². The molecule has 1 heterocycles. The highest BCUT2D eigenvalue weighted by Crippen LogP contribution is 2.06. The van der Waals surface area contributed by atoms with E-state index in [1.807, 2.05) is 6.08 Å². The van der Waals surface area contributed by atoms with Gasteiger partial charge in [-0.25, -0.2) is 0 Å². The van der Waals surface area contributed by atoms with Crippen molar-refractivity contribution in [2.24, 2.45) is 0 Å². The smallest absolute Gasteiger partial charge is 0.0323 e. The van der Waals surface area contributed by atoms with Gasteiger partial charge in [0.05, 0.1) is 0 Å². The molecule has 1 aliphatic heterocycles. The summed E-state index contributed by atoms with van der Waals surface area (Å²) in [7, 11) is 4.25. The van der Waals surface area contributed by atoms with E-state index in [1.54, 1.807) is 0 Å². The molecule has 1 aliphatic rings. The van der Waals surface area contributed by atoms with Gasteiger partial charge >= 0.3 is 0 Å². The number of piperazine rings is 1. The summed E-state index contributed by atoms with van der Waals surface area (Å²) >= 11 is 0. The summed E-state index contributed by atoms with van der Waals surface area (Å²) in [5, 5.41) is 3.57. The van der Waals surface area contributed by atoms with Gasteiger partial charge in [0.2, 0.25) is 0 Å². The van der Waals surface area contributed by atoms with Crippen molar-refractivity contribution in [3.8, 4) is 0 Å². The third-order valence-electron chi connectivity index (χ3n) is 2.73. The van der Waals surface area contributed by atoms with Crippen LogP contribution in [0.15, 0.2) is 12.7 Å².